The first-order chi connectivity index (χ1) is 15.7. The lowest BCUT2D eigenvalue weighted by molar-refractivity contribution is -0.137. The van der Waals surface area contributed by atoms with Crippen molar-refractivity contribution in [2.75, 3.05) is 24.5 Å². The van der Waals surface area contributed by atoms with Gasteiger partial charge in [0.15, 0.2) is 0 Å². The van der Waals surface area contributed by atoms with E-state index in [1.54, 1.807) is 11.0 Å². The van der Waals surface area contributed by atoms with E-state index < -0.39 is 11.7 Å². The molecule has 5 nitrogen and oxygen atoms in total. The number of benzene rings is 2. The Morgan fingerprint density at radius 2 is 1.79 bits per heavy atom. The zero-order valence-corrected chi connectivity index (χ0v) is 18.6. The number of nitrogens with zero attached hydrogens (tertiary/aromatic N) is 2. The smallest absolute Gasteiger partial charge is 0.353 e. The third kappa shape index (κ3) is 5.74. The minimum absolute atomic E-state index is 0.0128. The molecule has 1 unspecified atom stereocenters. The first-order valence-electron chi connectivity index (χ1n) is 11.2. The lowest BCUT2D eigenvalue weighted by Gasteiger charge is -2.33. The van der Waals surface area contributed by atoms with Crippen LogP contribution in [0.3, 0.4) is 0 Å². The van der Waals surface area contributed by atoms with E-state index in [9.17, 15) is 22.8 Å². The molecule has 0 aliphatic carbocycles. The summed E-state index contributed by atoms with van der Waals surface area (Å²) in [5, 5.41) is 3.08. The zero-order valence-electron chi connectivity index (χ0n) is 18.6. The molecule has 176 valence electrons. The highest BCUT2D eigenvalue weighted by atomic mass is 19.4. The summed E-state index contributed by atoms with van der Waals surface area (Å²) in [5.74, 6) is -0.522. The van der Waals surface area contributed by atoms with Crippen LogP contribution in [0.15, 0.2) is 48.5 Å². The van der Waals surface area contributed by atoms with E-state index in [0.29, 0.717) is 31.7 Å². The lowest BCUT2D eigenvalue weighted by Crippen LogP contribution is -2.46. The summed E-state index contributed by atoms with van der Waals surface area (Å²) in [6.07, 6.45) is -2.68. The second kappa shape index (κ2) is 9.55. The van der Waals surface area contributed by atoms with Crippen LogP contribution in [0, 0.1) is 12.8 Å². The minimum Gasteiger partial charge on any atom is -0.353 e. The van der Waals surface area contributed by atoms with Gasteiger partial charge in [-0.15, -0.1) is 0 Å². The monoisotopic (exact) mass is 459 g/mol. The van der Waals surface area contributed by atoms with Crippen molar-refractivity contribution in [3.8, 4) is 0 Å². The van der Waals surface area contributed by atoms with Crippen molar-refractivity contribution in [3.63, 3.8) is 0 Å². The van der Waals surface area contributed by atoms with Crippen molar-refractivity contribution in [1.82, 2.24) is 10.2 Å². The summed E-state index contributed by atoms with van der Waals surface area (Å²) >= 11 is 0. The summed E-state index contributed by atoms with van der Waals surface area (Å²) in [5.41, 5.74) is 1.92. The number of halogens is 3. The molecule has 2 aliphatic rings. The van der Waals surface area contributed by atoms with Gasteiger partial charge in [0.25, 0.3) is 0 Å². The number of likely N-dealkylation sites (tertiary alicyclic amines) is 1. The molecule has 2 aromatic rings. The Hall–Kier alpha value is -2.87. The maximum Gasteiger partial charge on any atom is 0.416 e. The fraction of sp³-hybridized carbons (Fsp3) is 0.440. The number of aryl methyl sites for hydroxylation is 1. The van der Waals surface area contributed by atoms with E-state index >= 15 is 0 Å². The van der Waals surface area contributed by atoms with E-state index in [0.717, 1.165) is 30.2 Å². The van der Waals surface area contributed by atoms with Gasteiger partial charge in [-0.25, -0.2) is 0 Å². The molecule has 0 spiro atoms. The molecular weight excluding hydrogens is 431 g/mol. The number of alkyl halides is 3. The standard InChI is InChI=1S/C25H28F3N3O2/c1-17-5-7-22(8-6-17)31-16-19(14-23(31)32)24(33)29-21-9-11-30(12-10-21)15-18-3-2-4-20(13-18)25(26,27)28/h2-8,13,19,21H,9-12,14-16H2,1H3,(H,29,33). The van der Waals surface area contributed by atoms with Crippen LogP contribution in [0.4, 0.5) is 18.9 Å². The molecule has 0 saturated carbocycles. The Kier molecular flexibility index (Phi) is 6.74. The van der Waals surface area contributed by atoms with Crippen LogP contribution >= 0.6 is 0 Å². The molecule has 2 saturated heterocycles. The van der Waals surface area contributed by atoms with Gasteiger partial charge in [-0.3, -0.25) is 14.5 Å². The molecule has 2 aromatic carbocycles. The van der Waals surface area contributed by atoms with Gasteiger partial charge < -0.3 is 10.2 Å². The maximum atomic E-state index is 12.9. The molecule has 2 amide bonds. The minimum atomic E-state index is -4.34. The second-order valence-electron chi connectivity index (χ2n) is 9.00. The third-order valence-corrected chi connectivity index (χ3v) is 6.44. The molecule has 33 heavy (non-hydrogen) atoms. The predicted molar refractivity (Wildman–Crippen MR) is 120 cm³/mol. The molecule has 2 aliphatic heterocycles. The van der Waals surface area contributed by atoms with Crippen LogP contribution < -0.4 is 10.2 Å². The topological polar surface area (TPSA) is 52.7 Å². The van der Waals surface area contributed by atoms with Gasteiger partial charge in [-0.1, -0.05) is 35.9 Å². The molecule has 1 atom stereocenters. The average Bonchev–Trinajstić information content (AvgIpc) is 3.17. The first kappa shape index (κ1) is 23.3. The maximum absolute atomic E-state index is 12.9. The molecule has 4 rings (SSSR count). The predicted octanol–water partition coefficient (Wildman–Crippen LogP) is 4.15. The van der Waals surface area contributed by atoms with Crippen molar-refractivity contribution in [2.45, 2.75) is 44.9 Å². The highest BCUT2D eigenvalue weighted by Crippen LogP contribution is 2.30. The Bertz CT molecular complexity index is 999. The Balaban J connectivity index is 1.26. The van der Waals surface area contributed by atoms with E-state index in [1.807, 2.05) is 31.2 Å². The SMILES string of the molecule is Cc1ccc(N2CC(C(=O)NC3CCN(Cc4cccc(C(F)(F)F)c4)CC3)CC2=O)cc1. The lowest BCUT2D eigenvalue weighted by atomic mass is 10.0. The van der Waals surface area contributed by atoms with Crippen LogP contribution in [-0.4, -0.2) is 42.4 Å². The highest BCUT2D eigenvalue weighted by molar-refractivity contribution is 6.00. The third-order valence-electron chi connectivity index (χ3n) is 6.44. The normalized spacial score (nSPS) is 20.3. The van der Waals surface area contributed by atoms with Crippen molar-refractivity contribution >= 4 is 17.5 Å². The molecule has 0 radical (unpaired) electrons. The van der Waals surface area contributed by atoms with Gasteiger partial charge in [-0.2, -0.15) is 13.2 Å². The number of amides is 2. The molecule has 8 heteroatoms. The number of piperidine rings is 1. The van der Waals surface area contributed by atoms with Crippen molar-refractivity contribution < 1.29 is 22.8 Å². The van der Waals surface area contributed by atoms with Gasteiger partial charge in [0.05, 0.1) is 11.5 Å². The summed E-state index contributed by atoms with van der Waals surface area (Å²) < 4.78 is 38.8. The summed E-state index contributed by atoms with van der Waals surface area (Å²) in [6.45, 7) is 4.20. The number of nitrogens with one attached hydrogen (secondary N) is 1. The van der Waals surface area contributed by atoms with Gasteiger partial charge >= 0.3 is 6.18 Å². The van der Waals surface area contributed by atoms with E-state index in [4.69, 9.17) is 0 Å². The summed E-state index contributed by atoms with van der Waals surface area (Å²) in [7, 11) is 0. The highest BCUT2D eigenvalue weighted by Gasteiger charge is 2.36. The van der Waals surface area contributed by atoms with Crippen molar-refractivity contribution in [1.29, 1.82) is 0 Å². The molecule has 0 bridgehead atoms. The van der Waals surface area contributed by atoms with E-state index in [-0.39, 0.29) is 30.2 Å². The number of rotatable bonds is 5. The van der Waals surface area contributed by atoms with Gasteiger partial charge in [0.2, 0.25) is 11.8 Å². The van der Waals surface area contributed by atoms with Crippen LogP contribution in [-0.2, 0) is 22.3 Å². The number of anilines is 1. The first-order valence-corrected chi connectivity index (χ1v) is 11.2. The number of carbonyl (C=O) groups excluding carboxylic acids is 2. The molecule has 0 aromatic heterocycles. The summed E-state index contributed by atoms with van der Waals surface area (Å²) in [6, 6.07) is 13.1. The number of hydrogen-bond donors (Lipinski definition) is 1. The van der Waals surface area contributed by atoms with Crippen LogP contribution in [0.25, 0.3) is 0 Å². The zero-order chi connectivity index (χ0) is 23.6. The second-order valence-corrected chi connectivity index (χ2v) is 9.00. The summed E-state index contributed by atoms with van der Waals surface area (Å²) in [4.78, 5) is 29.0. The fourth-order valence-corrected chi connectivity index (χ4v) is 4.52. The van der Waals surface area contributed by atoms with Crippen LogP contribution in [0.5, 0.6) is 0 Å². The Morgan fingerprint density at radius 1 is 1.09 bits per heavy atom. The molecule has 2 heterocycles. The number of carbonyl (C=O) groups is 2. The molecular formula is C25H28F3N3O2. The largest absolute Gasteiger partial charge is 0.416 e. The number of hydrogen-bond acceptors (Lipinski definition) is 3. The quantitative estimate of drug-likeness (QED) is 0.731. The van der Waals surface area contributed by atoms with Gasteiger partial charge in [-0.05, 0) is 43.5 Å². The van der Waals surface area contributed by atoms with Crippen molar-refractivity contribution in [3.05, 3.63) is 65.2 Å². The van der Waals surface area contributed by atoms with Crippen molar-refractivity contribution in [2.24, 2.45) is 5.92 Å². The van der Waals surface area contributed by atoms with Crippen LogP contribution in [0.2, 0.25) is 0 Å². The Morgan fingerprint density at radius 3 is 2.45 bits per heavy atom. The fourth-order valence-electron chi connectivity index (χ4n) is 4.52. The van der Waals surface area contributed by atoms with E-state index in [2.05, 4.69) is 10.2 Å². The van der Waals surface area contributed by atoms with Gasteiger partial charge in [0.1, 0.15) is 0 Å². The average molecular weight is 460 g/mol. The van der Waals surface area contributed by atoms with Gasteiger partial charge in [0, 0.05) is 44.3 Å². The molecule has 1 N–H and O–H groups in total. The molecule has 2 fully saturated rings. The van der Waals surface area contributed by atoms with Crippen LogP contribution in [0.1, 0.15) is 36.0 Å². The Labute approximate surface area is 191 Å². The van der Waals surface area contributed by atoms with E-state index in [1.165, 1.54) is 12.1 Å².